The van der Waals surface area contributed by atoms with Crippen molar-refractivity contribution in [2.24, 2.45) is 0 Å². The highest BCUT2D eigenvalue weighted by molar-refractivity contribution is 6.02. The second-order valence-electron chi connectivity index (χ2n) is 3.18. The van der Waals surface area contributed by atoms with E-state index in [4.69, 9.17) is 0 Å². The van der Waals surface area contributed by atoms with Crippen molar-refractivity contribution in [2.75, 3.05) is 5.32 Å². The number of nitro groups is 1. The first-order chi connectivity index (χ1) is 8.59. The maximum Gasteiger partial charge on any atom is 0.295 e. The van der Waals surface area contributed by atoms with Gasteiger partial charge in [0.1, 0.15) is 6.33 Å². The van der Waals surface area contributed by atoms with E-state index in [0.717, 1.165) is 18.5 Å². The van der Waals surface area contributed by atoms with Crippen molar-refractivity contribution in [3.8, 4) is 0 Å². The smallest absolute Gasteiger partial charge is 0.295 e. The van der Waals surface area contributed by atoms with Crippen LogP contribution in [-0.2, 0) is 0 Å². The van der Waals surface area contributed by atoms with E-state index in [1.54, 1.807) is 0 Å². The Kier molecular flexibility index (Phi) is 2.96. The van der Waals surface area contributed by atoms with Crippen LogP contribution in [0, 0.1) is 15.9 Å². The zero-order chi connectivity index (χ0) is 13.1. The minimum atomic E-state index is -0.905. The number of nitrogens with zero attached hydrogens (tertiary/aromatic N) is 3. The van der Waals surface area contributed by atoms with Gasteiger partial charge >= 0.3 is 0 Å². The van der Waals surface area contributed by atoms with Crippen LogP contribution in [0.25, 0.3) is 0 Å². The van der Waals surface area contributed by atoms with Crippen molar-refractivity contribution in [2.45, 2.75) is 0 Å². The van der Waals surface area contributed by atoms with Gasteiger partial charge in [-0.1, -0.05) is 6.07 Å². The van der Waals surface area contributed by atoms with E-state index < -0.39 is 28.0 Å². The first kappa shape index (κ1) is 11.6. The summed E-state index contributed by atoms with van der Waals surface area (Å²) in [7, 11) is 0. The van der Waals surface area contributed by atoms with Crippen molar-refractivity contribution < 1.29 is 14.1 Å². The van der Waals surface area contributed by atoms with Gasteiger partial charge in [-0.2, -0.15) is 5.10 Å². The molecule has 1 aromatic carbocycles. The van der Waals surface area contributed by atoms with Crippen LogP contribution in [0.5, 0.6) is 0 Å². The van der Waals surface area contributed by atoms with Crippen molar-refractivity contribution in [1.29, 1.82) is 0 Å². The molecule has 0 unspecified atom stereocenters. The van der Waals surface area contributed by atoms with E-state index in [1.807, 2.05) is 0 Å². The monoisotopic (exact) mass is 251 g/mol. The molecule has 2 rings (SSSR count). The lowest BCUT2D eigenvalue weighted by Crippen LogP contribution is -2.16. The molecule has 0 atom stereocenters. The fraction of sp³-hybridized carbons (Fsp3) is 0. The van der Waals surface area contributed by atoms with Crippen LogP contribution >= 0.6 is 0 Å². The molecule has 0 radical (unpaired) electrons. The van der Waals surface area contributed by atoms with Gasteiger partial charge in [0.05, 0.1) is 4.92 Å². The number of carbonyl (C=O) groups is 1. The molecule has 0 saturated carbocycles. The lowest BCUT2D eigenvalue weighted by atomic mass is 10.2. The Morgan fingerprint density at radius 2 is 2.28 bits per heavy atom. The first-order valence-electron chi connectivity index (χ1n) is 4.69. The quantitative estimate of drug-likeness (QED) is 0.626. The van der Waals surface area contributed by atoms with Crippen LogP contribution in [0.2, 0.25) is 0 Å². The molecule has 9 heteroatoms. The number of nitrogens with one attached hydrogen (secondary N) is 2. The summed E-state index contributed by atoms with van der Waals surface area (Å²) in [4.78, 5) is 25.0. The molecule has 0 spiro atoms. The van der Waals surface area contributed by atoms with Crippen LogP contribution in [0.15, 0.2) is 24.5 Å². The Balaban J connectivity index is 2.34. The summed E-state index contributed by atoms with van der Waals surface area (Å²) in [5.41, 5.74) is -1.05. The van der Waals surface area contributed by atoms with Crippen molar-refractivity contribution in [1.82, 2.24) is 15.2 Å². The maximum absolute atomic E-state index is 13.4. The average Bonchev–Trinajstić information content (AvgIpc) is 2.85. The first-order valence-corrected chi connectivity index (χ1v) is 4.69. The van der Waals surface area contributed by atoms with Gasteiger partial charge in [-0.25, -0.2) is 9.37 Å². The SMILES string of the molecule is O=C(Nc1c(F)cccc1[N+](=O)[O-])c1ncn[nH]1. The Morgan fingerprint density at radius 1 is 1.50 bits per heavy atom. The van der Waals surface area contributed by atoms with Gasteiger partial charge < -0.3 is 5.32 Å². The standard InChI is InChI=1S/C9H6FN5O3/c10-5-2-1-3-6(15(17)18)7(5)13-9(16)8-11-4-12-14-8/h1-4H,(H,13,16)(H,11,12,14). The minimum absolute atomic E-state index is 0.174. The second-order valence-corrected chi connectivity index (χ2v) is 3.18. The van der Waals surface area contributed by atoms with Crippen LogP contribution in [0.3, 0.4) is 0 Å². The number of nitro benzene ring substituents is 1. The van der Waals surface area contributed by atoms with E-state index in [0.29, 0.717) is 0 Å². The van der Waals surface area contributed by atoms with Crippen molar-refractivity contribution >= 4 is 17.3 Å². The fourth-order valence-corrected chi connectivity index (χ4v) is 1.28. The number of halogens is 1. The third-order valence-electron chi connectivity index (χ3n) is 2.06. The lowest BCUT2D eigenvalue weighted by molar-refractivity contribution is -0.384. The summed E-state index contributed by atoms with van der Waals surface area (Å²) in [6, 6.07) is 3.26. The van der Waals surface area contributed by atoms with Gasteiger partial charge in [-0.05, 0) is 6.07 Å². The molecule has 0 saturated heterocycles. The molecule has 2 N–H and O–H groups in total. The topological polar surface area (TPSA) is 114 Å². The Bertz CT molecular complexity index is 598. The molecule has 0 fully saturated rings. The molecule has 0 aliphatic heterocycles. The van der Waals surface area contributed by atoms with Gasteiger partial charge in [-0.15, -0.1) is 0 Å². The van der Waals surface area contributed by atoms with E-state index in [1.165, 1.54) is 6.07 Å². The van der Waals surface area contributed by atoms with Gasteiger partial charge in [0.25, 0.3) is 11.6 Å². The lowest BCUT2D eigenvalue weighted by Gasteiger charge is -2.04. The predicted octanol–water partition coefficient (Wildman–Crippen LogP) is 1.10. The van der Waals surface area contributed by atoms with Gasteiger partial charge in [-0.3, -0.25) is 20.0 Å². The summed E-state index contributed by atoms with van der Waals surface area (Å²) in [6.45, 7) is 0. The third-order valence-corrected chi connectivity index (χ3v) is 2.06. The van der Waals surface area contributed by atoms with Gasteiger partial charge in [0.2, 0.25) is 5.82 Å². The largest absolute Gasteiger partial charge is 0.311 e. The van der Waals surface area contributed by atoms with Crippen LogP contribution in [-0.4, -0.2) is 26.0 Å². The highest BCUT2D eigenvalue weighted by Gasteiger charge is 2.21. The number of H-pyrrole nitrogens is 1. The molecule has 1 amide bonds. The van der Waals surface area contributed by atoms with E-state index >= 15 is 0 Å². The molecule has 1 heterocycles. The molecule has 0 aliphatic carbocycles. The van der Waals surface area contributed by atoms with Crippen LogP contribution in [0.1, 0.15) is 10.6 Å². The summed E-state index contributed by atoms with van der Waals surface area (Å²) in [5, 5.41) is 18.5. The number of para-hydroxylation sites is 1. The van der Waals surface area contributed by atoms with Gasteiger partial charge in [0, 0.05) is 6.07 Å². The Hall–Kier alpha value is -2.84. The van der Waals surface area contributed by atoms with Crippen LogP contribution < -0.4 is 5.32 Å². The number of benzene rings is 1. The summed E-state index contributed by atoms with van der Waals surface area (Å²) >= 11 is 0. The molecule has 2 aromatic rings. The second kappa shape index (κ2) is 4.57. The van der Waals surface area contributed by atoms with Crippen molar-refractivity contribution in [3.63, 3.8) is 0 Å². The molecule has 1 aromatic heterocycles. The summed E-state index contributed by atoms with van der Waals surface area (Å²) < 4.78 is 13.4. The van der Waals surface area contributed by atoms with Crippen LogP contribution in [0.4, 0.5) is 15.8 Å². The molecule has 8 nitrogen and oxygen atoms in total. The number of hydrogen-bond acceptors (Lipinski definition) is 5. The molecule has 92 valence electrons. The maximum atomic E-state index is 13.4. The zero-order valence-electron chi connectivity index (χ0n) is 8.75. The normalized spacial score (nSPS) is 10.1. The average molecular weight is 251 g/mol. The number of aromatic amines is 1. The molecule has 0 aliphatic rings. The molecular formula is C9H6FN5O3. The zero-order valence-corrected chi connectivity index (χ0v) is 8.75. The van der Waals surface area contributed by atoms with E-state index in [-0.39, 0.29) is 5.82 Å². The molecular weight excluding hydrogens is 245 g/mol. The Labute approximate surface area is 99.0 Å². The summed E-state index contributed by atoms with van der Waals surface area (Å²) in [6.07, 6.45) is 1.09. The number of rotatable bonds is 3. The third kappa shape index (κ3) is 2.14. The minimum Gasteiger partial charge on any atom is -0.311 e. The fourth-order valence-electron chi connectivity index (χ4n) is 1.28. The molecule has 18 heavy (non-hydrogen) atoms. The predicted molar refractivity (Wildman–Crippen MR) is 57.4 cm³/mol. The summed E-state index contributed by atoms with van der Waals surface area (Å²) in [5.74, 6) is -1.90. The van der Waals surface area contributed by atoms with Gasteiger partial charge in [0.15, 0.2) is 11.5 Å². The number of anilines is 1. The number of hydrogen-bond donors (Lipinski definition) is 2. The number of carbonyl (C=O) groups excluding carboxylic acids is 1. The van der Waals surface area contributed by atoms with Crippen molar-refractivity contribution in [3.05, 3.63) is 46.3 Å². The highest BCUT2D eigenvalue weighted by atomic mass is 19.1. The van der Waals surface area contributed by atoms with E-state index in [9.17, 15) is 19.3 Å². The number of amides is 1. The number of aromatic nitrogens is 3. The molecule has 0 bridgehead atoms. The Morgan fingerprint density at radius 3 is 2.89 bits per heavy atom. The highest BCUT2D eigenvalue weighted by Crippen LogP contribution is 2.27. The van der Waals surface area contributed by atoms with E-state index in [2.05, 4.69) is 20.5 Å².